The molecule has 4 aromatic rings. The lowest BCUT2D eigenvalue weighted by Gasteiger charge is -2.22. The minimum atomic E-state index is -5.07. The SMILES string of the molecule is Cc1c(C)c(Nc2ccc3c(-c4ccccc4S(=O)(=O)O)c4ccc(=Nc5c(C)c(C)c(CC(=O)N(CC(=O)O)CC(=O)O)c(S(=O)(=O)O)c5C)cc-4oc3c2)c(C)c(C)c1CC(N)=O. The van der Waals surface area contributed by atoms with Crippen molar-refractivity contribution in [1.82, 2.24) is 4.90 Å². The molecule has 0 aromatic heterocycles. The van der Waals surface area contributed by atoms with Crippen LogP contribution in [0.2, 0.25) is 0 Å². The second-order valence-corrected chi connectivity index (χ2v) is 18.5. The van der Waals surface area contributed by atoms with Crippen LogP contribution >= 0.6 is 0 Å². The number of anilines is 2. The Labute approximate surface area is 374 Å². The number of amides is 2. The highest BCUT2D eigenvalue weighted by molar-refractivity contribution is 7.86. The standard InChI is InChI=1S/C46H46N4O13S2/c1-22-25(4)44(26(5)23(2)34(22)18-39(47)51)48-29-12-14-31-36(16-29)63-37-17-30(13-15-32(37)43(31)33-10-8-9-11-38(33)64(57,58)59)49-45-27(6)24(3)35(46(28(45)7)65(60,61)62)19-40(52)50(20-41(53)54)21-42(55)56/h8-17,48H,18-21H2,1-7H3,(H2,47,51)(H,53,54)(H,55,56)(H,57,58,59)(H,60,61,62). The molecule has 0 saturated heterocycles. The Morgan fingerprint density at radius 1 is 0.692 bits per heavy atom. The van der Waals surface area contributed by atoms with Gasteiger partial charge in [-0.05, 0) is 129 Å². The van der Waals surface area contributed by atoms with Crippen molar-refractivity contribution in [2.75, 3.05) is 18.4 Å². The van der Waals surface area contributed by atoms with Crippen LogP contribution in [0.1, 0.15) is 50.1 Å². The Morgan fingerprint density at radius 2 is 1.29 bits per heavy atom. The van der Waals surface area contributed by atoms with Crippen LogP contribution < -0.4 is 16.4 Å². The number of hydrogen-bond acceptors (Lipinski definition) is 11. The molecule has 65 heavy (non-hydrogen) atoms. The average molecular weight is 927 g/mol. The molecule has 0 spiro atoms. The molecule has 1 aliphatic heterocycles. The third-order valence-electron chi connectivity index (χ3n) is 11.7. The molecule has 0 fully saturated rings. The zero-order valence-electron chi connectivity index (χ0n) is 36.4. The molecule has 17 nitrogen and oxygen atoms in total. The molecule has 0 saturated carbocycles. The van der Waals surface area contributed by atoms with Gasteiger partial charge in [-0.2, -0.15) is 16.8 Å². The van der Waals surface area contributed by atoms with Gasteiger partial charge in [0.2, 0.25) is 11.8 Å². The number of fused-ring (bicyclic) bond motifs is 2. The van der Waals surface area contributed by atoms with Crippen molar-refractivity contribution < 1.29 is 59.7 Å². The molecule has 0 atom stereocenters. The number of rotatable bonds is 14. The predicted octanol–water partition coefficient (Wildman–Crippen LogP) is 6.40. The number of aliphatic carboxylic acids is 2. The second-order valence-electron chi connectivity index (χ2n) is 15.8. The summed E-state index contributed by atoms with van der Waals surface area (Å²) < 4.78 is 78.9. The van der Waals surface area contributed by atoms with E-state index in [1.54, 1.807) is 55.5 Å². The van der Waals surface area contributed by atoms with E-state index >= 15 is 0 Å². The highest BCUT2D eigenvalue weighted by Crippen LogP contribution is 2.44. The Morgan fingerprint density at radius 3 is 1.86 bits per heavy atom. The van der Waals surface area contributed by atoms with Gasteiger partial charge in [-0.15, -0.1) is 0 Å². The highest BCUT2D eigenvalue weighted by atomic mass is 32.2. The first kappa shape index (κ1) is 47.5. The van der Waals surface area contributed by atoms with Crippen LogP contribution in [-0.4, -0.2) is 77.9 Å². The van der Waals surface area contributed by atoms with Gasteiger partial charge in [-0.3, -0.25) is 28.3 Å². The average Bonchev–Trinajstić information content (AvgIpc) is 3.21. The van der Waals surface area contributed by atoms with E-state index in [-0.39, 0.29) is 50.4 Å². The maximum absolute atomic E-state index is 13.3. The number of primary amides is 1. The number of hydrogen-bond donors (Lipinski definition) is 6. The first-order valence-electron chi connectivity index (χ1n) is 19.9. The van der Waals surface area contributed by atoms with Crippen LogP contribution in [0.5, 0.6) is 0 Å². The van der Waals surface area contributed by atoms with Crippen LogP contribution in [0.3, 0.4) is 0 Å². The molecule has 0 radical (unpaired) electrons. The summed E-state index contributed by atoms with van der Waals surface area (Å²) in [5.41, 5.74) is 13.1. The minimum absolute atomic E-state index is 0.0610. The fraction of sp³-hybridized carbons (Fsp3) is 0.239. The Kier molecular flexibility index (Phi) is 13.1. The number of nitrogens with one attached hydrogen (secondary N) is 1. The topological polar surface area (TPSA) is 284 Å². The van der Waals surface area contributed by atoms with Crippen LogP contribution in [0.4, 0.5) is 17.1 Å². The molecular weight excluding hydrogens is 881 g/mol. The quantitative estimate of drug-likeness (QED) is 0.0509. The van der Waals surface area contributed by atoms with Crippen LogP contribution in [0.15, 0.2) is 79.9 Å². The number of nitrogens with zero attached hydrogens (tertiary/aromatic N) is 2. The number of carboxylic acids is 2. The lowest BCUT2D eigenvalue weighted by atomic mass is 9.90. The summed E-state index contributed by atoms with van der Waals surface area (Å²) >= 11 is 0. The van der Waals surface area contributed by atoms with Crippen molar-refractivity contribution in [1.29, 1.82) is 0 Å². The van der Waals surface area contributed by atoms with Gasteiger partial charge in [0, 0.05) is 45.6 Å². The van der Waals surface area contributed by atoms with Crippen LogP contribution in [0, 0.1) is 48.5 Å². The van der Waals surface area contributed by atoms with Gasteiger partial charge >= 0.3 is 11.9 Å². The molecule has 2 amide bonds. The number of carbonyl (C=O) groups excluding carboxylic acids is 2. The monoisotopic (exact) mass is 926 g/mol. The molecule has 1 heterocycles. The number of carboxylic acid groups (broad SMARTS) is 2. The fourth-order valence-corrected chi connectivity index (χ4v) is 9.96. The van der Waals surface area contributed by atoms with E-state index in [4.69, 9.17) is 15.1 Å². The Balaban J connectivity index is 1.58. The number of carbonyl (C=O) groups is 4. The third-order valence-corrected chi connectivity index (χ3v) is 13.7. The third kappa shape index (κ3) is 9.63. The smallest absolute Gasteiger partial charge is 0.323 e. The molecule has 6 rings (SSSR count). The van der Waals surface area contributed by atoms with E-state index in [2.05, 4.69) is 5.32 Å². The normalized spacial score (nSPS) is 12.2. The molecule has 4 aromatic carbocycles. The molecule has 2 aliphatic rings. The summed E-state index contributed by atoms with van der Waals surface area (Å²) in [7, 11) is -9.81. The van der Waals surface area contributed by atoms with E-state index in [0.717, 1.165) is 33.5 Å². The minimum Gasteiger partial charge on any atom is -0.480 e. The Hall–Kier alpha value is -6.93. The number of nitrogens with two attached hydrogens (primary N) is 1. The maximum Gasteiger partial charge on any atom is 0.323 e. The first-order chi connectivity index (χ1) is 30.3. The molecule has 0 bridgehead atoms. The van der Waals surface area contributed by atoms with Gasteiger partial charge in [0.1, 0.15) is 34.2 Å². The van der Waals surface area contributed by atoms with Gasteiger partial charge in [0.15, 0.2) is 0 Å². The Bertz CT molecular complexity index is 3240. The largest absolute Gasteiger partial charge is 0.480 e. The summed E-state index contributed by atoms with van der Waals surface area (Å²) in [5.74, 6) is -4.24. The summed E-state index contributed by atoms with van der Waals surface area (Å²) in [5, 5.41) is 22.8. The van der Waals surface area contributed by atoms with Crippen molar-refractivity contribution in [3.8, 4) is 22.5 Å². The van der Waals surface area contributed by atoms with Gasteiger partial charge in [-0.1, -0.05) is 18.2 Å². The van der Waals surface area contributed by atoms with E-state index in [1.165, 1.54) is 26.0 Å². The summed E-state index contributed by atoms with van der Waals surface area (Å²) in [6, 6.07) is 15.9. The molecule has 1 aliphatic carbocycles. The molecule has 7 N–H and O–H groups in total. The fourth-order valence-electron chi connectivity index (χ4n) is 8.25. The molecular formula is C46H46N4O13S2. The van der Waals surface area contributed by atoms with Gasteiger partial charge in [0.25, 0.3) is 20.2 Å². The lowest BCUT2D eigenvalue weighted by molar-refractivity contribution is -0.149. The van der Waals surface area contributed by atoms with Crippen molar-refractivity contribution in [3.05, 3.63) is 116 Å². The molecule has 0 unspecified atom stereocenters. The maximum atomic E-state index is 13.3. The van der Waals surface area contributed by atoms with Gasteiger partial charge in [0.05, 0.1) is 23.9 Å². The van der Waals surface area contributed by atoms with Crippen LogP contribution in [-0.2, 0) is 52.3 Å². The predicted molar refractivity (Wildman–Crippen MR) is 241 cm³/mol. The van der Waals surface area contributed by atoms with E-state index in [1.807, 2.05) is 27.7 Å². The summed E-state index contributed by atoms with van der Waals surface area (Å²) in [4.78, 5) is 52.3. The first-order valence-corrected chi connectivity index (χ1v) is 22.8. The van der Waals surface area contributed by atoms with Crippen molar-refractivity contribution in [3.63, 3.8) is 0 Å². The summed E-state index contributed by atoms with van der Waals surface area (Å²) in [6.07, 6.45) is -0.670. The van der Waals surface area contributed by atoms with Gasteiger partial charge < -0.3 is 30.6 Å². The van der Waals surface area contributed by atoms with Crippen LogP contribution in [0.25, 0.3) is 33.4 Å². The van der Waals surface area contributed by atoms with E-state index in [9.17, 15) is 55.3 Å². The zero-order chi connectivity index (χ0) is 48.0. The molecule has 340 valence electrons. The zero-order valence-corrected chi connectivity index (χ0v) is 38.0. The number of benzene rings is 5. The van der Waals surface area contributed by atoms with Crippen molar-refractivity contribution in [2.45, 2.75) is 71.1 Å². The van der Waals surface area contributed by atoms with Gasteiger partial charge in [-0.25, -0.2) is 4.99 Å². The lowest BCUT2D eigenvalue weighted by Crippen LogP contribution is -2.40. The highest BCUT2D eigenvalue weighted by Gasteiger charge is 2.30. The van der Waals surface area contributed by atoms with Crippen molar-refractivity contribution in [2.24, 2.45) is 10.7 Å². The summed E-state index contributed by atoms with van der Waals surface area (Å²) in [6.45, 7) is 10.2. The van der Waals surface area contributed by atoms with Crippen molar-refractivity contribution >= 4 is 72.0 Å². The molecule has 19 heteroatoms. The second kappa shape index (κ2) is 17.9. The van der Waals surface area contributed by atoms with E-state index in [0.29, 0.717) is 38.2 Å². The van der Waals surface area contributed by atoms with E-state index < -0.39 is 68.4 Å².